The van der Waals surface area contributed by atoms with Crippen molar-refractivity contribution in [2.24, 2.45) is 0 Å². The van der Waals surface area contributed by atoms with Crippen molar-refractivity contribution in [2.75, 3.05) is 13.1 Å². The third kappa shape index (κ3) is 3.09. The van der Waals surface area contributed by atoms with Crippen molar-refractivity contribution in [1.82, 2.24) is 24.8 Å². The van der Waals surface area contributed by atoms with Crippen LogP contribution in [0.25, 0.3) is 11.4 Å². The Bertz CT molecular complexity index is 1010. The summed E-state index contributed by atoms with van der Waals surface area (Å²) in [6.07, 6.45) is 5.54. The lowest BCUT2D eigenvalue weighted by Gasteiger charge is -2.31. The number of hydrogen-bond acceptors (Lipinski definition) is 5. The van der Waals surface area contributed by atoms with Crippen molar-refractivity contribution in [3.63, 3.8) is 0 Å². The van der Waals surface area contributed by atoms with Crippen LogP contribution in [0.4, 0.5) is 0 Å². The molecule has 3 aromatic rings. The van der Waals surface area contributed by atoms with Gasteiger partial charge in [0.1, 0.15) is 0 Å². The van der Waals surface area contributed by atoms with Gasteiger partial charge in [-0.05, 0) is 49.9 Å². The van der Waals surface area contributed by atoms with E-state index >= 15 is 0 Å². The monoisotopic (exact) mass is 397 g/mol. The normalized spacial score (nSPS) is 19.0. The van der Waals surface area contributed by atoms with Crippen LogP contribution in [0.15, 0.2) is 35.0 Å². The molecule has 2 aliphatic rings. The van der Waals surface area contributed by atoms with Crippen LogP contribution in [0.2, 0.25) is 5.02 Å². The van der Waals surface area contributed by atoms with Gasteiger partial charge >= 0.3 is 0 Å². The van der Waals surface area contributed by atoms with Crippen LogP contribution in [0, 0.1) is 0 Å². The van der Waals surface area contributed by atoms with E-state index in [0.717, 1.165) is 55.6 Å². The van der Waals surface area contributed by atoms with E-state index in [2.05, 4.69) is 15.2 Å². The summed E-state index contributed by atoms with van der Waals surface area (Å²) in [6, 6.07) is 7.35. The molecule has 28 heavy (non-hydrogen) atoms. The highest BCUT2D eigenvalue weighted by atomic mass is 35.5. The van der Waals surface area contributed by atoms with Crippen LogP contribution >= 0.6 is 11.6 Å². The number of halogens is 1. The quantitative estimate of drug-likeness (QED) is 0.675. The summed E-state index contributed by atoms with van der Waals surface area (Å²) in [4.78, 5) is 19.5. The van der Waals surface area contributed by atoms with Gasteiger partial charge in [-0.15, -0.1) is 0 Å². The van der Waals surface area contributed by atoms with E-state index in [1.165, 1.54) is 0 Å². The molecule has 8 heteroatoms. The first-order chi connectivity index (χ1) is 13.7. The minimum atomic E-state index is 0.0508. The van der Waals surface area contributed by atoms with Gasteiger partial charge in [-0.1, -0.05) is 16.8 Å². The van der Waals surface area contributed by atoms with Crippen LogP contribution in [0.1, 0.15) is 47.1 Å². The first-order valence-electron chi connectivity index (χ1n) is 9.62. The molecule has 2 aromatic heterocycles. The van der Waals surface area contributed by atoms with Gasteiger partial charge < -0.3 is 9.42 Å². The topological polar surface area (TPSA) is 77.1 Å². The fourth-order valence-electron chi connectivity index (χ4n) is 4.09. The van der Waals surface area contributed by atoms with Crippen molar-refractivity contribution in [3.05, 3.63) is 52.6 Å². The molecule has 0 saturated carbocycles. The molecule has 1 fully saturated rings. The molecule has 144 valence electrons. The number of aryl methyl sites for hydroxylation is 1. The number of rotatable bonds is 3. The van der Waals surface area contributed by atoms with Gasteiger partial charge in [0, 0.05) is 30.2 Å². The second-order valence-electron chi connectivity index (χ2n) is 7.39. The fraction of sp³-hybridized carbons (Fsp3) is 0.400. The lowest BCUT2D eigenvalue weighted by atomic mass is 9.97. The van der Waals surface area contributed by atoms with E-state index in [0.29, 0.717) is 23.3 Å². The number of carbonyl (C=O) groups is 1. The summed E-state index contributed by atoms with van der Waals surface area (Å²) in [5.41, 5.74) is 2.67. The second-order valence-corrected chi connectivity index (χ2v) is 7.82. The number of nitrogens with zero attached hydrogens (tertiary/aromatic N) is 5. The minimum Gasteiger partial charge on any atom is -0.339 e. The number of benzene rings is 1. The third-order valence-electron chi connectivity index (χ3n) is 5.56. The highest BCUT2D eigenvalue weighted by Gasteiger charge is 2.31. The number of amides is 1. The van der Waals surface area contributed by atoms with Gasteiger partial charge in [0.15, 0.2) is 0 Å². The van der Waals surface area contributed by atoms with E-state index < -0.39 is 0 Å². The molecule has 0 aliphatic carbocycles. The summed E-state index contributed by atoms with van der Waals surface area (Å²) in [5, 5.41) is 9.13. The van der Waals surface area contributed by atoms with Crippen molar-refractivity contribution < 1.29 is 9.32 Å². The second kappa shape index (κ2) is 7.05. The van der Waals surface area contributed by atoms with Crippen molar-refractivity contribution in [2.45, 2.75) is 38.1 Å². The van der Waals surface area contributed by atoms with E-state index in [-0.39, 0.29) is 11.8 Å². The Morgan fingerprint density at radius 1 is 1.18 bits per heavy atom. The Morgan fingerprint density at radius 2 is 2.04 bits per heavy atom. The number of carbonyl (C=O) groups excluding carboxylic acids is 1. The van der Waals surface area contributed by atoms with Crippen molar-refractivity contribution >= 4 is 17.5 Å². The average Bonchev–Trinajstić information content (AvgIpc) is 3.45. The summed E-state index contributed by atoms with van der Waals surface area (Å²) >= 11 is 5.94. The molecule has 5 rings (SSSR count). The zero-order valence-corrected chi connectivity index (χ0v) is 16.1. The lowest BCUT2D eigenvalue weighted by molar-refractivity contribution is 0.0694. The van der Waals surface area contributed by atoms with Gasteiger partial charge in [0.05, 0.1) is 23.4 Å². The number of fused-ring (bicyclic) bond motifs is 1. The molecule has 0 bridgehead atoms. The number of likely N-dealkylation sites (tertiary alicyclic amines) is 1. The number of hydrogen-bond donors (Lipinski definition) is 0. The zero-order chi connectivity index (χ0) is 19.1. The first-order valence-corrected chi connectivity index (χ1v) is 10.0. The maximum absolute atomic E-state index is 13.0. The maximum atomic E-state index is 13.0. The molecule has 2 aliphatic heterocycles. The summed E-state index contributed by atoms with van der Waals surface area (Å²) in [5.74, 6) is 1.24. The van der Waals surface area contributed by atoms with E-state index in [1.807, 2.05) is 21.7 Å². The molecule has 1 amide bonds. The Labute approximate surface area is 167 Å². The third-order valence-corrected chi connectivity index (χ3v) is 5.82. The van der Waals surface area contributed by atoms with E-state index in [1.54, 1.807) is 18.3 Å². The summed E-state index contributed by atoms with van der Waals surface area (Å²) in [6.45, 7) is 2.24. The van der Waals surface area contributed by atoms with Crippen molar-refractivity contribution in [3.8, 4) is 11.4 Å². The Balaban J connectivity index is 1.33. The smallest absolute Gasteiger partial charge is 0.257 e. The first kappa shape index (κ1) is 17.4. The molecule has 7 nitrogen and oxygen atoms in total. The SMILES string of the molecule is O=C(c1cnn2c1CCC2)N1CCCC(c2nc(-c3ccc(Cl)cc3)no2)C1. The molecular formula is C20H20ClN5O2. The summed E-state index contributed by atoms with van der Waals surface area (Å²) in [7, 11) is 0. The van der Waals surface area contributed by atoms with E-state index in [4.69, 9.17) is 16.1 Å². The molecule has 1 atom stereocenters. The van der Waals surface area contributed by atoms with Crippen molar-refractivity contribution in [1.29, 1.82) is 0 Å². The van der Waals surface area contributed by atoms with Gasteiger partial charge in [-0.3, -0.25) is 9.48 Å². The molecule has 0 radical (unpaired) electrons. The van der Waals surface area contributed by atoms with Crippen LogP contribution < -0.4 is 0 Å². The molecule has 1 aromatic carbocycles. The molecule has 0 spiro atoms. The summed E-state index contributed by atoms with van der Waals surface area (Å²) < 4.78 is 7.48. The number of aromatic nitrogens is 4. The van der Waals surface area contributed by atoms with E-state index in [9.17, 15) is 4.79 Å². The largest absolute Gasteiger partial charge is 0.339 e. The van der Waals surface area contributed by atoms with Gasteiger partial charge in [0.25, 0.3) is 5.91 Å². The maximum Gasteiger partial charge on any atom is 0.257 e. The minimum absolute atomic E-state index is 0.0508. The average molecular weight is 398 g/mol. The van der Waals surface area contributed by atoms with Gasteiger partial charge in [-0.25, -0.2) is 0 Å². The zero-order valence-electron chi connectivity index (χ0n) is 15.3. The van der Waals surface area contributed by atoms with Crippen LogP contribution in [-0.4, -0.2) is 43.8 Å². The van der Waals surface area contributed by atoms with Crippen LogP contribution in [-0.2, 0) is 13.0 Å². The molecule has 4 heterocycles. The highest BCUT2D eigenvalue weighted by molar-refractivity contribution is 6.30. The molecule has 1 saturated heterocycles. The molecule has 0 N–H and O–H groups in total. The highest BCUT2D eigenvalue weighted by Crippen LogP contribution is 2.29. The Hall–Kier alpha value is -2.67. The molecular weight excluding hydrogens is 378 g/mol. The van der Waals surface area contributed by atoms with Crippen LogP contribution in [0.3, 0.4) is 0 Å². The van der Waals surface area contributed by atoms with Crippen LogP contribution in [0.5, 0.6) is 0 Å². The fourth-order valence-corrected chi connectivity index (χ4v) is 4.22. The molecule has 1 unspecified atom stereocenters. The number of piperidine rings is 1. The van der Waals surface area contributed by atoms with Gasteiger partial charge in [-0.2, -0.15) is 10.1 Å². The predicted octanol–water partition coefficient (Wildman–Crippen LogP) is 3.55. The predicted molar refractivity (Wildman–Crippen MR) is 103 cm³/mol. The standard InChI is InChI=1S/C20H20ClN5O2/c21-15-7-5-13(6-8-15)18-23-19(28-24-18)14-3-1-9-25(12-14)20(27)16-11-22-26-10-2-4-17(16)26/h5-8,11,14H,1-4,9-10,12H2. The Kier molecular flexibility index (Phi) is 4.39. The van der Waals surface area contributed by atoms with Gasteiger partial charge in [0.2, 0.25) is 11.7 Å². The Morgan fingerprint density at radius 3 is 2.89 bits per heavy atom. The lowest BCUT2D eigenvalue weighted by Crippen LogP contribution is -2.39.